The number of hydrogen-bond acceptors (Lipinski definition) is 2. The van der Waals surface area contributed by atoms with Crippen LogP contribution in [0.5, 0.6) is 0 Å². The van der Waals surface area contributed by atoms with Gasteiger partial charge in [-0.2, -0.15) is 13.2 Å². The number of pyridine rings is 1. The lowest BCUT2D eigenvalue weighted by Crippen LogP contribution is -2.10. The maximum Gasteiger partial charge on any atom is 0.417 e. The average Bonchev–Trinajstić information content (AvgIpc) is 2.05. The third-order valence-corrected chi connectivity index (χ3v) is 1.75. The predicted molar refractivity (Wildman–Crippen MR) is 55.8 cm³/mol. The largest absolute Gasteiger partial charge is 0.417 e. The Bertz CT molecular complexity index is 395. The quantitative estimate of drug-likeness (QED) is 0.855. The van der Waals surface area contributed by atoms with Gasteiger partial charge < -0.3 is 5.32 Å². The van der Waals surface area contributed by atoms with Gasteiger partial charge in [0.25, 0.3) is 0 Å². The number of alkyl halides is 3. The molecule has 0 aliphatic rings. The maximum absolute atomic E-state index is 12.2. The molecule has 1 aromatic heterocycles. The van der Waals surface area contributed by atoms with Crippen molar-refractivity contribution in [2.24, 2.45) is 0 Å². The fraction of sp³-hybridized carbons (Fsp3) is 0.250. The second-order valence-corrected chi connectivity index (χ2v) is 3.14. The second-order valence-electron chi connectivity index (χ2n) is 2.73. The number of halogens is 5. The van der Waals surface area contributed by atoms with Gasteiger partial charge in [0, 0.05) is 13.1 Å². The number of anilines is 1. The Balaban J connectivity index is 0.00000225. The molecule has 0 radical (unpaired) electrons. The fourth-order valence-corrected chi connectivity index (χ4v) is 1.07. The summed E-state index contributed by atoms with van der Waals surface area (Å²) in [6.07, 6.45) is -3.89. The molecule has 0 atom stereocenters. The number of rotatable bonds is 1. The zero-order chi connectivity index (χ0) is 11.6. The summed E-state index contributed by atoms with van der Waals surface area (Å²) in [6, 6.07) is 0.708. The zero-order valence-electron chi connectivity index (χ0n) is 7.93. The van der Waals surface area contributed by atoms with Crippen LogP contribution in [0.2, 0.25) is 5.02 Å². The van der Waals surface area contributed by atoms with E-state index in [1.54, 1.807) is 0 Å². The lowest BCUT2D eigenvalue weighted by atomic mass is 10.3. The highest BCUT2D eigenvalue weighted by Gasteiger charge is 2.31. The normalized spacial score (nSPS) is 10.6. The number of carbonyl (C=O) groups is 1. The van der Waals surface area contributed by atoms with Gasteiger partial charge in [-0.1, -0.05) is 11.6 Å². The van der Waals surface area contributed by atoms with Gasteiger partial charge in [0.15, 0.2) is 5.82 Å². The van der Waals surface area contributed by atoms with Crippen molar-refractivity contribution >= 4 is 35.7 Å². The van der Waals surface area contributed by atoms with Crippen molar-refractivity contribution in [1.82, 2.24) is 4.98 Å². The summed E-state index contributed by atoms with van der Waals surface area (Å²) < 4.78 is 36.5. The van der Waals surface area contributed by atoms with E-state index in [0.29, 0.717) is 12.3 Å². The highest BCUT2D eigenvalue weighted by atomic mass is 35.5. The van der Waals surface area contributed by atoms with Gasteiger partial charge in [-0.3, -0.25) is 4.79 Å². The molecule has 90 valence electrons. The molecule has 1 heterocycles. The van der Waals surface area contributed by atoms with E-state index in [-0.39, 0.29) is 23.2 Å². The van der Waals surface area contributed by atoms with Crippen LogP contribution in [0.4, 0.5) is 19.0 Å². The molecule has 16 heavy (non-hydrogen) atoms. The molecule has 0 unspecified atom stereocenters. The molecular formula is C8H7Cl2F3N2O. The van der Waals surface area contributed by atoms with E-state index in [1.165, 1.54) is 6.92 Å². The smallest absolute Gasteiger partial charge is 0.310 e. The van der Waals surface area contributed by atoms with Crippen LogP contribution < -0.4 is 5.32 Å². The molecule has 0 aliphatic heterocycles. The van der Waals surface area contributed by atoms with Gasteiger partial charge in [-0.15, -0.1) is 12.4 Å². The highest BCUT2D eigenvalue weighted by Crippen LogP contribution is 2.32. The summed E-state index contributed by atoms with van der Waals surface area (Å²) in [4.78, 5) is 14.0. The van der Waals surface area contributed by atoms with E-state index in [1.807, 2.05) is 0 Å². The van der Waals surface area contributed by atoms with Crippen LogP contribution in [-0.4, -0.2) is 10.9 Å². The van der Waals surface area contributed by atoms with Gasteiger partial charge in [-0.05, 0) is 6.07 Å². The zero-order valence-corrected chi connectivity index (χ0v) is 9.50. The highest BCUT2D eigenvalue weighted by molar-refractivity contribution is 6.33. The number of nitrogens with one attached hydrogen (secondary N) is 1. The molecule has 8 heteroatoms. The molecule has 1 N–H and O–H groups in total. The van der Waals surface area contributed by atoms with Crippen molar-refractivity contribution in [3.8, 4) is 0 Å². The van der Waals surface area contributed by atoms with Crippen LogP contribution in [0.1, 0.15) is 12.5 Å². The fourth-order valence-electron chi connectivity index (χ4n) is 0.852. The van der Waals surface area contributed by atoms with Crippen molar-refractivity contribution in [3.63, 3.8) is 0 Å². The van der Waals surface area contributed by atoms with Gasteiger partial charge in [0.1, 0.15) is 0 Å². The van der Waals surface area contributed by atoms with Gasteiger partial charge in [-0.25, -0.2) is 4.98 Å². The minimum absolute atomic E-state index is 0. The van der Waals surface area contributed by atoms with Crippen LogP contribution >= 0.6 is 24.0 Å². The Morgan fingerprint density at radius 2 is 2.06 bits per heavy atom. The summed E-state index contributed by atoms with van der Waals surface area (Å²) in [7, 11) is 0. The first-order valence-corrected chi connectivity index (χ1v) is 4.19. The molecule has 1 rings (SSSR count). The summed E-state index contributed by atoms with van der Waals surface area (Å²) in [5, 5.41) is 1.95. The van der Waals surface area contributed by atoms with Crippen LogP contribution in [0.25, 0.3) is 0 Å². The van der Waals surface area contributed by atoms with Crippen LogP contribution in [-0.2, 0) is 11.0 Å². The van der Waals surface area contributed by atoms with E-state index in [0.717, 1.165) is 0 Å². The summed E-state index contributed by atoms with van der Waals surface area (Å²) in [5.41, 5.74) is -0.957. The Morgan fingerprint density at radius 1 is 1.50 bits per heavy atom. The minimum atomic E-state index is -4.49. The summed E-state index contributed by atoms with van der Waals surface area (Å²) in [6.45, 7) is 1.20. The lowest BCUT2D eigenvalue weighted by Gasteiger charge is -2.08. The lowest BCUT2D eigenvalue weighted by molar-refractivity contribution is -0.137. The molecule has 0 spiro atoms. The van der Waals surface area contributed by atoms with Crippen molar-refractivity contribution in [3.05, 3.63) is 22.8 Å². The van der Waals surface area contributed by atoms with E-state index in [2.05, 4.69) is 10.3 Å². The Hall–Kier alpha value is -1.01. The predicted octanol–water partition coefficient (Wildman–Crippen LogP) is 3.13. The first-order chi connectivity index (χ1) is 6.80. The van der Waals surface area contributed by atoms with Crippen molar-refractivity contribution in [1.29, 1.82) is 0 Å². The van der Waals surface area contributed by atoms with Gasteiger partial charge in [0.05, 0.1) is 10.6 Å². The molecule has 1 aromatic rings. The summed E-state index contributed by atoms with van der Waals surface area (Å²) in [5.74, 6) is -0.540. The first-order valence-electron chi connectivity index (χ1n) is 3.81. The number of amides is 1. The van der Waals surface area contributed by atoms with Crippen molar-refractivity contribution in [2.45, 2.75) is 13.1 Å². The molecule has 0 fully saturated rings. The molecule has 0 aliphatic carbocycles. The average molecular weight is 275 g/mol. The van der Waals surface area contributed by atoms with Crippen LogP contribution in [0.15, 0.2) is 12.3 Å². The Kier molecular flexibility index (Phi) is 5.02. The monoisotopic (exact) mass is 274 g/mol. The number of aromatic nitrogens is 1. The summed E-state index contributed by atoms with van der Waals surface area (Å²) >= 11 is 5.50. The van der Waals surface area contributed by atoms with E-state index in [4.69, 9.17) is 11.6 Å². The van der Waals surface area contributed by atoms with Crippen molar-refractivity contribution in [2.75, 3.05) is 5.32 Å². The Labute approximate surface area is 100 Å². The topological polar surface area (TPSA) is 42.0 Å². The van der Waals surface area contributed by atoms with E-state index >= 15 is 0 Å². The van der Waals surface area contributed by atoms with Crippen LogP contribution in [0.3, 0.4) is 0 Å². The number of carbonyl (C=O) groups excluding carboxylic acids is 1. The Morgan fingerprint density at radius 3 is 2.44 bits per heavy atom. The molecule has 0 saturated heterocycles. The molecule has 1 amide bonds. The van der Waals surface area contributed by atoms with Gasteiger partial charge in [0.2, 0.25) is 5.91 Å². The SMILES string of the molecule is CC(=O)Nc1ncc(C(F)(F)F)cc1Cl.Cl. The van der Waals surface area contributed by atoms with Crippen molar-refractivity contribution < 1.29 is 18.0 Å². The van der Waals surface area contributed by atoms with Gasteiger partial charge >= 0.3 is 6.18 Å². The van der Waals surface area contributed by atoms with Crippen LogP contribution in [0, 0.1) is 0 Å². The molecular weight excluding hydrogens is 268 g/mol. The van der Waals surface area contributed by atoms with E-state index in [9.17, 15) is 18.0 Å². The molecule has 0 saturated carbocycles. The molecule has 0 aromatic carbocycles. The first kappa shape index (κ1) is 15.0. The third-order valence-electron chi connectivity index (χ3n) is 1.46. The van der Waals surface area contributed by atoms with E-state index < -0.39 is 17.6 Å². The maximum atomic E-state index is 12.2. The third kappa shape index (κ3) is 3.86. The molecule has 0 bridgehead atoms. The number of hydrogen-bond donors (Lipinski definition) is 1. The standard InChI is InChI=1S/C8H6ClF3N2O.ClH/c1-4(15)14-7-6(9)2-5(3-13-7)8(10,11)12;/h2-3H,1H3,(H,13,14,15);1H. The minimum Gasteiger partial charge on any atom is -0.310 e. The second kappa shape index (κ2) is 5.36. The number of nitrogens with zero attached hydrogens (tertiary/aromatic N) is 1. The molecule has 3 nitrogen and oxygen atoms in total.